The van der Waals surface area contributed by atoms with Crippen molar-refractivity contribution in [1.82, 2.24) is 10.2 Å². The van der Waals surface area contributed by atoms with Gasteiger partial charge >= 0.3 is 0 Å². The Hall–Kier alpha value is -2.15. The standard InChI is InChI=1S/C15H20N4O2S/c1-5-22(20,21)19-14-7-6-13(17-18-14)16-15-11(3)8-10(2)9-12(15)4/h6-9H,5H2,1-4H3,(H,16,17)(H,18,19). The van der Waals surface area contributed by atoms with Crippen molar-refractivity contribution in [2.45, 2.75) is 27.7 Å². The van der Waals surface area contributed by atoms with Crippen molar-refractivity contribution in [2.24, 2.45) is 0 Å². The Bertz CT molecular complexity index is 748. The maximum atomic E-state index is 11.5. The Kier molecular flexibility index (Phi) is 4.65. The Morgan fingerprint density at radius 3 is 2.05 bits per heavy atom. The molecule has 0 saturated carbocycles. The van der Waals surface area contributed by atoms with Crippen molar-refractivity contribution < 1.29 is 8.42 Å². The van der Waals surface area contributed by atoms with Crippen LogP contribution in [0.5, 0.6) is 0 Å². The van der Waals surface area contributed by atoms with Gasteiger partial charge in [0.05, 0.1) is 5.75 Å². The number of benzene rings is 1. The lowest BCUT2D eigenvalue weighted by molar-refractivity contribution is 0.602. The number of hydrogen-bond donors (Lipinski definition) is 2. The minimum Gasteiger partial charge on any atom is -0.338 e. The van der Waals surface area contributed by atoms with Crippen LogP contribution in [0, 0.1) is 20.8 Å². The van der Waals surface area contributed by atoms with Gasteiger partial charge in [0.1, 0.15) is 0 Å². The molecule has 0 saturated heterocycles. The summed E-state index contributed by atoms with van der Waals surface area (Å²) in [6, 6.07) is 7.46. The highest BCUT2D eigenvalue weighted by Gasteiger charge is 2.09. The molecule has 2 N–H and O–H groups in total. The van der Waals surface area contributed by atoms with E-state index in [0.29, 0.717) is 5.82 Å². The van der Waals surface area contributed by atoms with Gasteiger partial charge in [0.2, 0.25) is 10.0 Å². The number of aromatic nitrogens is 2. The molecule has 0 bridgehead atoms. The first-order valence-electron chi connectivity index (χ1n) is 7.00. The Morgan fingerprint density at radius 2 is 1.55 bits per heavy atom. The van der Waals surface area contributed by atoms with E-state index >= 15 is 0 Å². The molecule has 0 aliphatic heterocycles. The van der Waals surface area contributed by atoms with Gasteiger partial charge in [-0.3, -0.25) is 4.72 Å². The first-order valence-corrected chi connectivity index (χ1v) is 8.65. The molecule has 1 aromatic carbocycles. The quantitative estimate of drug-likeness (QED) is 0.885. The minimum absolute atomic E-state index is 0.00353. The van der Waals surface area contributed by atoms with Crippen LogP contribution in [-0.4, -0.2) is 24.4 Å². The average Bonchev–Trinajstić information content (AvgIpc) is 2.44. The molecule has 0 fully saturated rings. The van der Waals surface area contributed by atoms with E-state index in [4.69, 9.17) is 0 Å². The number of rotatable bonds is 5. The molecule has 2 aromatic rings. The van der Waals surface area contributed by atoms with Crippen molar-refractivity contribution in [3.8, 4) is 0 Å². The topological polar surface area (TPSA) is 84.0 Å². The Balaban J connectivity index is 2.19. The molecule has 0 aliphatic carbocycles. The predicted molar refractivity (Wildman–Crippen MR) is 89.1 cm³/mol. The lowest BCUT2D eigenvalue weighted by Gasteiger charge is -2.13. The molecule has 7 heteroatoms. The third kappa shape index (κ3) is 3.94. The van der Waals surface area contributed by atoms with E-state index in [1.807, 2.05) is 13.8 Å². The Morgan fingerprint density at radius 1 is 1.00 bits per heavy atom. The molecule has 0 aliphatic rings. The average molecular weight is 320 g/mol. The molecule has 6 nitrogen and oxygen atoms in total. The first kappa shape index (κ1) is 16.2. The number of aryl methyl sites for hydroxylation is 3. The zero-order chi connectivity index (χ0) is 16.3. The molecular weight excluding hydrogens is 300 g/mol. The molecule has 0 atom stereocenters. The van der Waals surface area contributed by atoms with Gasteiger partial charge < -0.3 is 5.32 Å². The number of hydrogen-bond acceptors (Lipinski definition) is 5. The largest absolute Gasteiger partial charge is 0.338 e. The summed E-state index contributed by atoms with van der Waals surface area (Å²) in [5.74, 6) is 0.774. The summed E-state index contributed by atoms with van der Waals surface area (Å²) in [7, 11) is -3.34. The van der Waals surface area contributed by atoms with Crippen LogP contribution in [-0.2, 0) is 10.0 Å². The van der Waals surface area contributed by atoms with Crippen molar-refractivity contribution in [3.05, 3.63) is 41.0 Å². The Labute approximate surface area is 131 Å². The van der Waals surface area contributed by atoms with Gasteiger partial charge in [0.15, 0.2) is 11.6 Å². The van der Waals surface area contributed by atoms with Crippen LogP contribution in [0.4, 0.5) is 17.3 Å². The number of sulfonamides is 1. The second-order valence-electron chi connectivity index (χ2n) is 5.21. The van der Waals surface area contributed by atoms with Crippen LogP contribution in [0.15, 0.2) is 24.3 Å². The van der Waals surface area contributed by atoms with Crippen LogP contribution >= 0.6 is 0 Å². The van der Waals surface area contributed by atoms with Gasteiger partial charge in [-0.15, -0.1) is 10.2 Å². The van der Waals surface area contributed by atoms with Crippen LogP contribution < -0.4 is 10.0 Å². The smallest absolute Gasteiger partial charge is 0.233 e. The fraction of sp³-hybridized carbons (Fsp3) is 0.333. The molecule has 2 rings (SSSR count). The molecule has 0 unspecified atom stereocenters. The normalized spacial score (nSPS) is 11.3. The van der Waals surface area contributed by atoms with Gasteiger partial charge in [0.25, 0.3) is 0 Å². The molecule has 0 radical (unpaired) electrons. The molecule has 0 amide bonds. The lowest BCUT2D eigenvalue weighted by Crippen LogP contribution is -2.16. The zero-order valence-corrected chi connectivity index (χ0v) is 14.0. The molecule has 1 heterocycles. The molecule has 118 valence electrons. The number of nitrogens with one attached hydrogen (secondary N) is 2. The third-order valence-electron chi connectivity index (χ3n) is 3.23. The number of nitrogens with zero attached hydrogens (tertiary/aromatic N) is 2. The summed E-state index contributed by atoms with van der Waals surface area (Å²) in [5, 5.41) is 11.1. The van der Waals surface area contributed by atoms with Gasteiger partial charge in [-0.2, -0.15) is 0 Å². The highest BCUT2D eigenvalue weighted by atomic mass is 32.2. The summed E-state index contributed by atoms with van der Waals surface area (Å²) >= 11 is 0. The molecular formula is C15H20N4O2S. The van der Waals surface area contributed by atoms with Crippen molar-refractivity contribution >= 4 is 27.3 Å². The van der Waals surface area contributed by atoms with Crippen LogP contribution in [0.2, 0.25) is 0 Å². The van der Waals surface area contributed by atoms with E-state index in [0.717, 1.165) is 16.8 Å². The summed E-state index contributed by atoms with van der Waals surface area (Å²) in [4.78, 5) is 0. The van der Waals surface area contributed by atoms with E-state index < -0.39 is 10.0 Å². The summed E-state index contributed by atoms with van der Waals surface area (Å²) in [6.07, 6.45) is 0. The maximum Gasteiger partial charge on any atom is 0.233 e. The van der Waals surface area contributed by atoms with E-state index in [9.17, 15) is 8.42 Å². The predicted octanol–water partition coefficient (Wildman–Crippen LogP) is 2.91. The fourth-order valence-corrected chi connectivity index (χ4v) is 2.76. The van der Waals surface area contributed by atoms with Crippen molar-refractivity contribution in [3.63, 3.8) is 0 Å². The van der Waals surface area contributed by atoms with Gasteiger partial charge in [-0.05, 0) is 51.0 Å². The highest BCUT2D eigenvalue weighted by Crippen LogP contribution is 2.25. The van der Waals surface area contributed by atoms with E-state index in [-0.39, 0.29) is 11.6 Å². The van der Waals surface area contributed by atoms with E-state index in [1.54, 1.807) is 19.1 Å². The highest BCUT2D eigenvalue weighted by molar-refractivity contribution is 7.92. The van der Waals surface area contributed by atoms with E-state index in [1.165, 1.54) is 5.56 Å². The van der Waals surface area contributed by atoms with Crippen molar-refractivity contribution in [1.29, 1.82) is 0 Å². The second kappa shape index (κ2) is 6.31. The van der Waals surface area contributed by atoms with Crippen molar-refractivity contribution in [2.75, 3.05) is 15.8 Å². The van der Waals surface area contributed by atoms with Crippen LogP contribution in [0.1, 0.15) is 23.6 Å². The molecule has 1 aromatic heterocycles. The second-order valence-corrected chi connectivity index (χ2v) is 7.22. The molecule has 22 heavy (non-hydrogen) atoms. The van der Waals surface area contributed by atoms with Gasteiger partial charge in [0, 0.05) is 5.69 Å². The summed E-state index contributed by atoms with van der Waals surface area (Å²) in [5.41, 5.74) is 4.43. The SMILES string of the molecule is CCS(=O)(=O)Nc1ccc(Nc2c(C)cc(C)cc2C)nn1. The van der Waals surface area contributed by atoms with Crippen LogP contribution in [0.25, 0.3) is 0 Å². The third-order valence-corrected chi connectivity index (χ3v) is 4.51. The lowest BCUT2D eigenvalue weighted by atomic mass is 10.1. The van der Waals surface area contributed by atoms with E-state index in [2.05, 4.69) is 39.3 Å². The monoisotopic (exact) mass is 320 g/mol. The fourth-order valence-electron chi connectivity index (χ4n) is 2.19. The maximum absolute atomic E-state index is 11.5. The molecule has 0 spiro atoms. The zero-order valence-electron chi connectivity index (χ0n) is 13.1. The minimum atomic E-state index is -3.34. The van der Waals surface area contributed by atoms with Gasteiger partial charge in [-0.1, -0.05) is 17.7 Å². The summed E-state index contributed by atoms with van der Waals surface area (Å²) in [6.45, 7) is 7.67. The summed E-state index contributed by atoms with van der Waals surface area (Å²) < 4.78 is 25.3. The van der Waals surface area contributed by atoms with Crippen LogP contribution in [0.3, 0.4) is 0 Å². The number of anilines is 3. The first-order chi connectivity index (χ1) is 10.3. The van der Waals surface area contributed by atoms with Gasteiger partial charge in [-0.25, -0.2) is 8.42 Å².